The van der Waals surface area contributed by atoms with Crippen molar-refractivity contribution >= 4 is 45.1 Å². The molecular formula is C21H26BrN3O4. The number of halogens is 1. The minimum atomic E-state index is -0.505. The average Bonchev–Trinajstić information content (AvgIpc) is 2.63. The van der Waals surface area contributed by atoms with Crippen LogP contribution in [0.4, 0.5) is 10.5 Å². The molecule has 3 rings (SSSR count). The minimum Gasteiger partial charge on any atom is -0.444 e. The van der Waals surface area contributed by atoms with Gasteiger partial charge in [0.25, 0.3) is 0 Å². The number of carbonyl (C=O) groups excluding carboxylic acids is 3. The van der Waals surface area contributed by atoms with Gasteiger partial charge >= 0.3 is 6.09 Å². The Bertz CT molecular complexity index is 860. The highest BCUT2D eigenvalue weighted by Crippen LogP contribution is 2.32. The highest BCUT2D eigenvalue weighted by molar-refractivity contribution is 9.10. The summed E-state index contributed by atoms with van der Waals surface area (Å²) in [4.78, 5) is 37.1. The molecule has 156 valence electrons. The van der Waals surface area contributed by atoms with E-state index in [9.17, 15) is 14.4 Å². The molecule has 7 nitrogen and oxygen atoms in total. The molecule has 3 amide bonds. The standard InChI is InChI=1S/C21H26BrN3O4/c1-21(2,3)29-20(28)25-10-8-13(9-11-25)15-5-4-14(12-16(15)22)23-17-6-7-18(26)24-19(17)27/h4-5,8,12,17,23H,6-7,9-11H2,1-3H3,(H,24,26,27). The molecule has 8 heteroatoms. The van der Waals surface area contributed by atoms with Crippen molar-refractivity contribution in [2.45, 2.75) is 51.7 Å². The summed E-state index contributed by atoms with van der Waals surface area (Å²) in [5.74, 6) is -0.520. The summed E-state index contributed by atoms with van der Waals surface area (Å²) in [6.07, 6.45) is 3.30. The fourth-order valence-electron chi connectivity index (χ4n) is 3.30. The van der Waals surface area contributed by atoms with Crippen LogP contribution >= 0.6 is 15.9 Å². The zero-order valence-corrected chi connectivity index (χ0v) is 18.5. The molecule has 0 radical (unpaired) electrons. The highest BCUT2D eigenvalue weighted by Gasteiger charge is 2.27. The molecule has 2 heterocycles. The molecule has 0 saturated carbocycles. The van der Waals surface area contributed by atoms with E-state index in [0.717, 1.165) is 27.7 Å². The van der Waals surface area contributed by atoms with Crippen molar-refractivity contribution in [1.29, 1.82) is 0 Å². The summed E-state index contributed by atoms with van der Waals surface area (Å²) in [6.45, 7) is 6.68. The molecule has 1 unspecified atom stereocenters. The molecule has 2 aliphatic rings. The van der Waals surface area contributed by atoms with Gasteiger partial charge < -0.3 is 15.0 Å². The smallest absolute Gasteiger partial charge is 0.410 e. The first kappa shape index (κ1) is 21.4. The summed E-state index contributed by atoms with van der Waals surface area (Å²) in [7, 11) is 0. The maximum Gasteiger partial charge on any atom is 0.410 e. The summed E-state index contributed by atoms with van der Waals surface area (Å²) in [6, 6.07) is 5.43. The van der Waals surface area contributed by atoms with Gasteiger partial charge in [0.05, 0.1) is 0 Å². The van der Waals surface area contributed by atoms with E-state index in [1.54, 1.807) is 4.90 Å². The summed E-state index contributed by atoms with van der Waals surface area (Å²) >= 11 is 3.62. The van der Waals surface area contributed by atoms with Gasteiger partial charge in [0, 0.05) is 29.7 Å². The Balaban J connectivity index is 1.64. The molecule has 0 spiro atoms. The third-order valence-corrected chi connectivity index (χ3v) is 5.41. The molecule has 1 saturated heterocycles. The second-order valence-corrected chi connectivity index (χ2v) is 9.10. The molecule has 1 aromatic rings. The molecule has 1 atom stereocenters. The van der Waals surface area contributed by atoms with Crippen molar-refractivity contribution in [3.63, 3.8) is 0 Å². The molecule has 2 aliphatic heterocycles. The van der Waals surface area contributed by atoms with Gasteiger partial charge in [-0.15, -0.1) is 0 Å². The van der Waals surface area contributed by atoms with Gasteiger partial charge in [-0.1, -0.05) is 28.1 Å². The topological polar surface area (TPSA) is 87.7 Å². The number of rotatable bonds is 3. The van der Waals surface area contributed by atoms with Crippen LogP contribution in [0.25, 0.3) is 5.57 Å². The summed E-state index contributed by atoms with van der Waals surface area (Å²) < 4.78 is 6.34. The second-order valence-electron chi connectivity index (χ2n) is 8.25. The molecule has 0 aromatic heterocycles. The van der Waals surface area contributed by atoms with Crippen molar-refractivity contribution in [3.05, 3.63) is 34.3 Å². The number of piperidine rings is 1. The number of ether oxygens (including phenoxy) is 1. The normalized spacial score (nSPS) is 20.1. The third-order valence-electron chi connectivity index (χ3n) is 4.76. The van der Waals surface area contributed by atoms with E-state index >= 15 is 0 Å². The molecule has 1 aromatic carbocycles. The summed E-state index contributed by atoms with van der Waals surface area (Å²) in [5.41, 5.74) is 2.52. The van der Waals surface area contributed by atoms with Gasteiger partial charge in [-0.05, 0) is 56.9 Å². The fraction of sp³-hybridized carbons (Fsp3) is 0.476. The van der Waals surface area contributed by atoms with Gasteiger partial charge in [-0.2, -0.15) is 0 Å². The van der Waals surface area contributed by atoms with E-state index in [-0.39, 0.29) is 17.9 Å². The average molecular weight is 464 g/mol. The molecule has 29 heavy (non-hydrogen) atoms. The molecule has 0 aliphatic carbocycles. The molecule has 1 fully saturated rings. The third kappa shape index (κ3) is 5.59. The lowest BCUT2D eigenvalue weighted by atomic mass is 9.99. The van der Waals surface area contributed by atoms with Crippen molar-refractivity contribution < 1.29 is 19.1 Å². The van der Waals surface area contributed by atoms with Gasteiger partial charge in [-0.3, -0.25) is 14.9 Å². The van der Waals surface area contributed by atoms with E-state index < -0.39 is 11.6 Å². The first-order valence-corrected chi connectivity index (χ1v) is 10.5. The van der Waals surface area contributed by atoms with Crippen LogP contribution in [0.3, 0.4) is 0 Å². The Morgan fingerprint density at radius 1 is 1.28 bits per heavy atom. The Hall–Kier alpha value is -2.35. The number of benzene rings is 1. The minimum absolute atomic E-state index is 0.228. The Morgan fingerprint density at radius 3 is 2.62 bits per heavy atom. The van der Waals surface area contributed by atoms with Crippen LogP contribution in [-0.2, 0) is 14.3 Å². The number of nitrogens with one attached hydrogen (secondary N) is 2. The first-order chi connectivity index (χ1) is 13.6. The van der Waals surface area contributed by atoms with Crippen LogP contribution in [-0.4, -0.2) is 47.5 Å². The predicted molar refractivity (Wildman–Crippen MR) is 114 cm³/mol. The number of imide groups is 1. The molecular weight excluding hydrogens is 438 g/mol. The Labute approximate surface area is 179 Å². The lowest BCUT2D eigenvalue weighted by molar-refractivity contribution is -0.133. The van der Waals surface area contributed by atoms with Crippen molar-refractivity contribution in [2.75, 3.05) is 18.4 Å². The number of hydrogen-bond donors (Lipinski definition) is 2. The SMILES string of the molecule is CC(C)(C)OC(=O)N1CC=C(c2ccc(NC3CCC(=O)NC3=O)cc2Br)CC1. The van der Waals surface area contributed by atoms with E-state index in [4.69, 9.17) is 4.74 Å². The number of hydrogen-bond acceptors (Lipinski definition) is 5. The number of amides is 3. The lowest BCUT2D eigenvalue weighted by Crippen LogP contribution is -2.47. The van der Waals surface area contributed by atoms with Crippen molar-refractivity contribution in [3.8, 4) is 0 Å². The maximum absolute atomic E-state index is 12.2. The zero-order valence-electron chi connectivity index (χ0n) is 16.9. The molecule has 2 N–H and O–H groups in total. The van der Waals surface area contributed by atoms with Crippen LogP contribution in [0.2, 0.25) is 0 Å². The van der Waals surface area contributed by atoms with E-state index in [1.165, 1.54) is 0 Å². The second kappa shape index (κ2) is 8.57. The summed E-state index contributed by atoms with van der Waals surface area (Å²) in [5, 5.41) is 5.53. The number of anilines is 1. The van der Waals surface area contributed by atoms with E-state index in [2.05, 4.69) is 26.6 Å². The number of carbonyl (C=O) groups is 3. The van der Waals surface area contributed by atoms with E-state index in [0.29, 0.717) is 25.9 Å². The van der Waals surface area contributed by atoms with Crippen LogP contribution in [0, 0.1) is 0 Å². The first-order valence-electron chi connectivity index (χ1n) is 9.69. The highest BCUT2D eigenvalue weighted by atomic mass is 79.9. The zero-order chi connectivity index (χ0) is 21.2. The van der Waals surface area contributed by atoms with Crippen molar-refractivity contribution in [2.24, 2.45) is 0 Å². The quantitative estimate of drug-likeness (QED) is 0.667. The van der Waals surface area contributed by atoms with Crippen LogP contribution in [0.5, 0.6) is 0 Å². The van der Waals surface area contributed by atoms with Crippen LogP contribution < -0.4 is 10.6 Å². The van der Waals surface area contributed by atoms with Crippen molar-refractivity contribution in [1.82, 2.24) is 10.2 Å². The largest absolute Gasteiger partial charge is 0.444 e. The van der Waals surface area contributed by atoms with Gasteiger partial charge in [0.2, 0.25) is 11.8 Å². The van der Waals surface area contributed by atoms with Crippen LogP contribution in [0.1, 0.15) is 45.6 Å². The Morgan fingerprint density at radius 2 is 2.03 bits per heavy atom. The fourth-order valence-corrected chi connectivity index (χ4v) is 3.94. The number of nitrogens with zero attached hydrogens (tertiary/aromatic N) is 1. The monoisotopic (exact) mass is 463 g/mol. The van der Waals surface area contributed by atoms with E-state index in [1.807, 2.05) is 45.0 Å². The van der Waals surface area contributed by atoms with Gasteiger partial charge in [0.15, 0.2) is 0 Å². The van der Waals surface area contributed by atoms with Crippen LogP contribution in [0.15, 0.2) is 28.7 Å². The molecule has 0 bridgehead atoms. The van der Waals surface area contributed by atoms with Gasteiger partial charge in [-0.25, -0.2) is 4.79 Å². The lowest BCUT2D eigenvalue weighted by Gasteiger charge is -2.30. The van der Waals surface area contributed by atoms with Gasteiger partial charge in [0.1, 0.15) is 11.6 Å². The maximum atomic E-state index is 12.2. The Kier molecular flexibility index (Phi) is 6.31. The predicted octanol–water partition coefficient (Wildman–Crippen LogP) is 3.69.